The molecule has 0 spiro atoms. The smallest absolute Gasteiger partial charge is 0.411 e. The molecule has 0 radical (unpaired) electrons. The second-order valence-corrected chi connectivity index (χ2v) is 5.53. The van der Waals surface area contributed by atoms with Gasteiger partial charge in [-0.2, -0.15) is 0 Å². The monoisotopic (exact) mass is 276 g/mol. The van der Waals surface area contributed by atoms with Crippen LogP contribution in [-0.2, 0) is 4.74 Å². The normalized spacial score (nSPS) is 17.3. The molecule has 1 aliphatic rings. The number of rotatable bonds is 4. The number of benzene rings is 1. The molecular formula is C16H24N2O2. The number of nitrogens with one attached hydrogen (secondary N) is 2. The molecule has 1 unspecified atom stereocenters. The van der Waals surface area contributed by atoms with Crippen molar-refractivity contribution < 1.29 is 9.53 Å². The highest BCUT2D eigenvalue weighted by atomic mass is 16.5. The minimum absolute atomic E-state index is 0.442. The SMILES string of the molecule is COC(=O)Nc1cccc(NC(C)C2CCCCC2)c1. The van der Waals surface area contributed by atoms with E-state index >= 15 is 0 Å². The van der Waals surface area contributed by atoms with Crippen molar-refractivity contribution in [2.24, 2.45) is 5.92 Å². The van der Waals surface area contributed by atoms with Crippen molar-refractivity contribution in [3.05, 3.63) is 24.3 Å². The Bertz CT molecular complexity index is 442. The topological polar surface area (TPSA) is 50.4 Å². The van der Waals surface area contributed by atoms with E-state index < -0.39 is 6.09 Å². The minimum atomic E-state index is -0.442. The molecule has 4 heteroatoms. The van der Waals surface area contributed by atoms with Crippen molar-refractivity contribution in [3.63, 3.8) is 0 Å². The summed E-state index contributed by atoms with van der Waals surface area (Å²) in [5, 5.41) is 6.23. The highest BCUT2D eigenvalue weighted by Gasteiger charge is 2.19. The van der Waals surface area contributed by atoms with E-state index in [9.17, 15) is 4.79 Å². The molecule has 0 aliphatic heterocycles. The van der Waals surface area contributed by atoms with Crippen LogP contribution >= 0.6 is 0 Å². The van der Waals surface area contributed by atoms with E-state index in [0.29, 0.717) is 6.04 Å². The Kier molecular flexibility index (Phi) is 5.27. The molecule has 1 atom stereocenters. The first kappa shape index (κ1) is 14.7. The van der Waals surface area contributed by atoms with Crippen LogP contribution in [0.2, 0.25) is 0 Å². The summed E-state index contributed by atoms with van der Waals surface area (Å²) in [6, 6.07) is 8.22. The maximum Gasteiger partial charge on any atom is 0.411 e. The zero-order valence-electron chi connectivity index (χ0n) is 12.3. The van der Waals surface area contributed by atoms with Crippen LogP contribution in [0.4, 0.5) is 16.2 Å². The van der Waals surface area contributed by atoms with Crippen molar-refractivity contribution in [3.8, 4) is 0 Å². The fourth-order valence-corrected chi connectivity index (χ4v) is 2.87. The molecule has 2 rings (SSSR count). The average Bonchev–Trinajstić information content (AvgIpc) is 2.48. The summed E-state index contributed by atoms with van der Waals surface area (Å²) in [4.78, 5) is 11.2. The number of hydrogen-bond acceptors (Lipinski definition) is 3. The van der Waals surface area contributed by atoms with E-state index in [1.165, 1.54) is 39.2 Å². The number of methoxy groups -OCH3 is 1. The van der Waals surface area contributed by atoms with Crippen LogP contribution in [0.5, 0.6) is 0 Å². The Hall–Kier alpha value is -1.71. The van der Waals surface area contributed by atoms with E-state index in [0.717, 1.165) is 17.3 Å². The number of anilines is 2. The second-order valence-electron chi connectivity index (χ2n) is 5.53. The first-order valence-electron chi connectivity index (χ1n) is 7.40. The van der Waals surface area contributed by atoms with E-state index in [4.69, 9.17) is 0 Å². The molecule has 0 aromatic heterocycles. The molecule has 4 nitrogen and oxygen atoms in total. The molecule has 1 fully saturated rings. The standard InChI is InChI=1S/C16H24N2O2/c1-12(13-7-4-3-5-8-13)17-14-9-6-10-15(11-14)18-16(19)20-2/h6,9-13,17H,3-5,7-8H2,1-2H3,(H,18,19). The Balaban J connectivity index is 1.94. The second kappa shape index (κ2) is 7.17. The molecule has 0 heterocycles. The predicted molar refractivity (Wildman–Crippen MR) is 82.1 cm³/mol. The number of amides is 1. The summed E-state index contributed by atoms with van der Waals surface area (Å²) < 4.78 is 4.60. The molecule has 0 saturated heterocycles. The Morgan fingerprint density at radius 3 is 2.65 bits per heavy atom. The summed E-state index contributed by atoms with van der Waals surface area (Å²) in [5.41, 5.74) is 1.79. The quantitative estimate of drug-likeness (QED) is 0.864. The molecular weight excluding hydrogens is 252 g/mol. The number of hydrogen-bond donors (Lipinski definition) is 2. The Morgan fingerprint density at radius 1 is 1.25 bits per heavy atom. The third kappa shape index (κ3) is 4.15. The Labute approximate surface area is 120 Å². The summed E-state index contributed by atoms with van der Waals surface area (Å²) in [6.07, 6.45) is 6.26. The maximum absolute atomic E-state index is 11.2. The lowest BCUT2D eigenvalue weighted by Gasteiger charge is -2.29. The molecule has 1 aromatic carbocycles. The van der Waals surface area contributed by atoms with E-state index in [1.54, 1.807) is 0 Å². The van der Waals surface area contributed by atoms with Crippen molar-refractivity contribution in [1.82, 2.24) is 0 Å². The van der Waals surface area contributed by atoms with Gasteiger partial charge in [-0.05, 0) is 43.9 Å². The third-order valence-corrected chi connectivity index (χ3v) is 4.05. The van der Waals surface area contributed by atoms with Crippen LogP contribution in [0, 0.1) is 5.92 Å². The minimum Gasteiger partial charge on any atom is -0.453 e. The van der Waals surface area contributed by atoms with Gasteiger partial charge in [-0.25, -0.2) is 4.79 Å². The molecule has 1 saturated carbocycles. The van der Waals surface area contributed by atoms with Crippen molar-refractivity contribution >= 4 is 17.5 Å². The summed E-state index contributed by atoms with van der Waals surface area (Å²) in [6.45, 7) is 2.25. The Morgan fingerprint density at radius 2 is 1.95 bits per heavy atom. The largest absolute Gasteiger partial charge is 0.453 e. The van der Waals surface area contributed by atoms with Gasteiger partial charge in [0.05, 0.1) is 7.11 Å². The summed E-state index contributed by atoms with van der Waals surface area (Å²) in [5.74, 6) is 0.751. The zero-order chi connectivity index (χ0) is 14.4. The van der Waals surface area contributed by atoms with Gasteiger partial charge < -0.3 is 10.1 Å². The molecule has 1 aromatic rings. The van der Waals surface area contributed by atoms with Crippen molar-refractivity contribution in [2.75, 3.05) is 17.7 Å². The third-order valence-electron chi connectivity index (χ3n) is 4.05. The molecule has 2 N–H and O–H groups in total. The van der Waals surface area contributed by atoms with Crippen LogP contribution in [-0.4, -0.2) is 19.2 Å². The van der Waals surface area contributed by atoms with Crippen LogP contribution in [0.25, 0.3) is 0 Å². The van der Waals surface area contributed by atoms with Gasteiger partial charge in [-0.3, -0.25) is 5.32 Å². The van der Waals surface area contributed by atoms with Crippen LogP contribution in [0.3, 0.4) is 0 Å². The van der Waals surface area contributed by atoms with Crippen molar-refractivity contribution in [2.45, 2.75) is 45.1 Å². The molecule has 1 aliphatic carbocycles. The van der Waals surface area contributed by atoms with Gasteiger partial charge in [-0.15, -0.1) is 0 Å². The van der Waals surface area contributed by atoms with Gasteiger partial charge in [-0.1, -0.05) is 25.3 Å². The van der Waals surface area contributed by atoms with Crippen LogP contribution in [0.15, 0.2) is 24.3 Å². The van der Waals surface area contributed by atoms with Gasteiger partial charge in [0.25, 0.3) is 0 Å². The lowest BCUT2D eigenvalue weighted by Crippen LogP contribution is -2.27. The molecule has 1 amide bonds. The fraction of sp³-hybridized carbons (Fsp3) is 0.562. The summed E-state index contributed by atoms with van der Waals surface area (Å²) >= 11 is 0. The molecule has 20 heavy (non-hydrogen) atoms. The fourth-order valence-electron chi connectivity index (χ4n) is 2.87. The highest BCUT2D eigenvalue weighted by Crippen LogP contribution is 2.28. The van der Waals surface area contributed by atoms with E-state index in [2.05, 4.69) is 22.3 Å². The molecule has 0 bridgehead atoms. The van der Waals surface area contributed by atoms with E-state index in [1.807, 2.05) is 24.3 Å². The van der Waals surface area contributed by atoms with Crippen LogP contribution in [0.1, 0.15) is 39.0 Å². The lowest BCUT2D eigenvalue weighted by molar-refractivity contribution is 0.187. The molecule has 110 valence electrons. The van der Waals surface area contributed by atoms with Crippen LogP contribution < -0.4 is 10.6 Å². The lowest BCUT2D eigenvalue weighted by atomic mass is 9.84. The number of carbonyl (C=O) groups is 1. The maximum atomic E-state index is 11.2. The first-order chi connectivity index (χ1) is 9.69. The van der Waals surface area contributed by atoms with Gasteiger partial charge in [0.2, 0.25) is 0 Å². The number of carbonyl (C=O) groups excluding carboxylic acids is 1. The highest BCUT2D eigenvalue weighted by molar-refractivity contribution is 5.85. The zero-order valence-corrected chi connectivity index (χ0v) is 12.3. The summed E-state index contributed by atoms with van der Waals surface area (Å²) in [7, 11) is 1.36. The predicted octanol–water partition coefficient (Wildman–Crippen LogP) is 4.25. The van der Waals surface area contributed by atoms with Gasteiger partial charge >= 0.3 is 6.09 Å². The van der Waals surface area contributed by atoms with Crippen molar-refractivity contribution in [1.29, 1.82) is 0 Å². The van der Waals surface area contributed by atoms with Gasteiger partial charge in [0.1, 0.15) is 0 Å². The first-order valence-corrected chi connectivity index (χ1v) is 7.40. The number of ether oxygens (including phenoxy) is 1. The van der Waals surface area contributed by atoms with Gasteiger partial charge in [0.15, 0.2) is 0 Å². The van der Waals surface area contributed by atoms with Gasteiger partial charge in [0, 0.05) is 17.4 Å². The average molecular weight is 276 g/mol. The van der Waals surface area contributed by atoms with E-state index in [-0.39, 0.29) is 0 Å².